The number of benzene rings is 1. The van der Waals surface area contributed by atoms with Crippen molar-refractivity contribution in [3.63, 3.8) is 0 Å². The van der Waals surface area contributed by atoms with Crippen molar-refractivity contribution in [3.8, 4) is 11.3 Å². The van der Waals surface area contributed by atoms with Gasteiger partial charge in [0.1, 0.15) is 17.1 Å². The maximum atomic E-state index is 13.6. The van der Waals surface area contributed by atoms with Crippen LogP contribution in [0.2, 0.25) is 0 Å². The summed E-state index contributed by atoms with van der Waals surface area (Å²) in [6.45, 7) is 0. The Morgan fingerprint density at radius 1 is 1.17 bits per heavy atom. The van der Waals surface area contributed by atoms with Gasteiger partial charge in [-0.05, 0) is 12.1 Å². The number of halogens is 5. The van der Waals surface area contributed by atoms with Gasteiger partial charge in [0.2, 0.25) is 0 Å². The van der Waals surface area contributed by atoms with Gasteiger partial charge in [0.15, 0.2) is 5.82 Å². The fourth-order valence-corrected chi connectivity index (χ4v) is 1.47. The van der Waals surface area contributed by atoms with E-state index in [9.17, 15) is 22.0 Å². The molecule has 0 bridgehead atoms. The van der Waals surface area contributed by atoms with Crippen molar-refractivity contribution in [2.45, 2.75) is 6.18 Å². The molecule has 2 aromatic rings. The highest BCUT2D eigenvalue weighted by Crippen LogP contribution is 2.37. The van der Waals surface area contributed by atoms with Crippen LogP contribution in [0.25, 0.3) is 11.3 Å². The van der Waals surface area contributed by atoms with Crippen LogP contribution in [0.4, 0.5) is 27.6 Å². The minimum Gasteiger partial charge on any atom is -0.394 e. The Morgan fingerprint density at radius 3 is 2.44 bits per heavy atom. The molecule has 1 aromatic carbocycles. The van der Waals surface area contributed by atoms with E-state index in [4.69, 9.17) is 5.73 Å². The van der Waals surface area contributed by atoms with Crippen molar-refractivity contribution in [2.75, 3.05) is 5.73 Å². The molecule has 0 aliphatic carbocycles. The lowest BCUT2D eigenvalue weighted by Crippen LogP contribution is -2.06. The molecule has 8 heteroatoms. The number of nitrogen functional groups attached to an aromatic ring is 1. The van der Waals surface area contributed by atoms with Gasteiger partial charge < -0.3 is 5.73 Å². The lowest BCUT2D eigenvalue weighted by Gasteiger charge is -2.09. The molecule has 0 aliphatic heterocycles. The van der Waals surface area contributed by atoms with Crippen molar-refractivity contribution in [2.24, 2.45) is 0 Å². The summed E-state index contributed by atoms with van der Waals surface area (Å²) >= 11 is 0. The summed E-state index contributed by atoms with van der Waals surface area (Å²) in [6.07, 6.45) is -4.17. The molecule has 0 unspecified atom stereocenters. The Kier molecular flexibility index (Phi) is 2.72. The Bertz CT molecular complexity index is 588. The van der Waals surface area contributed by atoms with E-state index in [-0.39, 0.29) is 0 Å². The lowest BCUT2D eigenvalue weighted by atomic mass is 10.1. The quantitative estimate of drug-likeness (QED) is 0.614. The van der Waals surface area contributed by atoms with Crippen LogP contribution >= 0.6 is 0 Å². The van der Waals surface area contributed by atoms with Crippen LogP contribution in [0.15, 0.2) is 18.3 Å². The molecule has 1 aromatic heterocycles. The van der Waals surface area contributed by atoms with Gasteiger partial charge in [-0.1, -0.05) is 0 Å². The highest BCUT2D eigenvalue weighted by molar-refractivity contribution is 5.68. The molecule has 1 heterocycles. The first-order valence-corrected chi connectivity index (χ1v) is 4.66. The lowest BCUT2D eigenvalue weighted by molar-refractivity contribution is -0.137. The number of aromatic nitrogens is 2. The summed E-state index contributed by atoms with van der Waals surface area (Å²) in [7, 11) is 0. The first kappa shape index (κ1) is 12.3. The maximum absolute atomic E-state index is 13.6. The van der Waals surface area contributed by atoms with Crippen LogP contribution < -0.4 is 5.73 Å². The summed E-state index contributed by atoms with van der Waals surface area (Å²) in [6, 6.07) is 1.65. The van der Waals surface area contributed by atoms with E-state index in [0.29, 0.717) is 6.20 Å². The van der Waals surface area contributed by atoms with Gasteiger partial charge in [0.25, 0.3) is 0 Å². The molecular formula is C10H6F5N3. The third kappa shape index (κ3) is 1.89. The molecule has 18 heavy (non-hydrogen) atoms. The molecule has 0 radical (unpaired) electrons. The highest BCUT2D eigenvalue weighted by atomic mass is 19.4. The summed E-state index contributed by atoms with van der Waals surface area (Å²) in [4.78, 5) is 0. The first-order valence-electron chi connectivity index (χ1n) is 4.66. The maximum Gasteiger partial charge on any atom is 0.420 e. The smallest absolute Gasteiger partial charge is 0.394 e. The number of nitrogens with zero attached hydrogens (tertiary/aromatic N) is 1. The normalized spacial score (nSPS) is 11.8. The zero-order valence-electron chi connectivity index (χ0n) is 8.65. The van der Waals surface area contributed by atoms with Crippen LogP contribution in [0.5, 0.6) is 0 Å². The second kappa shape index (κ2) is 3.97. The van der Waals surface area contributed by atoms with E-state index < -0.39 is 40.3 Å². The van der Waals surface area contributed by atoms with E-state index in [1.54, 1.807) is 0 Å². The summed E-state index contributed by atoms with van der Waals surface area (Å²) < 4.78 is 64.3. The van der Waals surface area contributed by atoms with Crippen LogP contribution in [0.1, 0.15) is 5.56 Å². The largest absolute Gasteiger partial charge is 0.420 e. The van der Waals surface area contributed by atoms with Crippen molar-refractivity contribution in [3.05, 3.63) is 35.5 Å². The molecule has 0 spiro atoms. The minimum atomic E-state index is -4.70. The van der Waals surface area contributed by atoms with Gasteiger partial charge >= 0.3 is 6.18 Å². The zero-order valence-corrected chi connectivity index (χ0v) is 8.65. The van der Waals surface area contributed by atoms with Gasteiger partial charge in [0.05, 0.1) is 11.9 Å². The first-order chi connectivity index (χ1) is 8.32. The third-order valence-electron chi connectivity index (χ3n) is 2.34. The molecule has 0 aliphatic rings. The summed E-state index contributed by atoms with van der Waals surface area (Å²) in [5.74, 6) is -2.30. The number of hydrogen-bond acceptors (Lipinski definition) is 2. The van der Waals surface area contributed by atoms with Gasteiger partial charge in [-0.2, -0.15) is 18.3 Å². The van der Waals surface area contributed by atoms with E-state index >= 15 is 0 Å². The molecule has 0 atom stereocenters. The Labute approximate surface area is 97.4 Å². The number of H-pyrrole nitrogens is 1. The van der Waals surface area contributed by atoms with E-state index in [2.05, 4.69) is 5.10 Å². The summed E-state index contributed by atoms with van der Waals surface area (Å²) in [5, 5.41) is 5.24. The number of alkyl halides is 3. The molecule has 2 rings (SSSR count). The molecule has 0 fully saturated rings. The molecule has 0 saturated heterocycles. The van der Waals surface area contributed by atoms with E-state index in [1.165, 1.54) is 0 Å². The monoisotopic (exact) mass is 263 g/mol. The van der Waals surface area contributed by atoms with Crippen molar-refractivity contribution in [1.82, 2.24) is 10.2 Å². The number of hydrogen-bond donors (Lipinski definition) is 2. The molecule has 96 valence electrons. The number of aromatic amines is 1. The minimum absolute atomic E-state index is 0.487. The Morgan fingerprint density at radius 2 is 1.83 bits per heavy atom. The van der Waals surface area contributed by atoms with Gasteiger partial charge in [-0.25, -0.2) is 8.78 Å². The standard InChI is InChI=1S/C10H6F5N3/c11-6-2-1-4(7(12)8(6)16)9-5(3-17-18-9)10(13,14)15/h1-3H,16H2,(H,17,18). The second-order valence-corrected chi connectivity index (χ2v) is 3.48. The van der Waals surface area contributed by atoms with Gasteiger partial charge in [-0.3, -0.25) is 5.10 Å². The molecule has 0 saturated carbocycles. The zero-order chi connectivity index (χ0) is 13.5. The molecular weight excluding hydrogens is 257 g/mol. The van der Waals surface area contributed by atoms with Gasteiger partial charge in [-0.15, -0.1) is 0 Å². The van der Waals surface area contributed by atoms with Crippen LogP contribution in [0.3, 0.4) is 0 Å². The second-order valence-electron chi connectivity index (χ2n) is 3.48. The van der Waals surface area contributed by atoms with Crippen LogP contribution in [0, 0.1) is 11.6 Å². The fraction of sp³-hybridized carbons (Fsp3) is 0.100. The number of rotatable bonds is 1. The van der Waals surface area contributed by atoms with Crippen LogP contribution in [-0.2, 0) is 6.18 Å². The molecule has 0 amide bonds. The molecule has 3 N–H and O–H groups in total. The van der Waals surface area contributed by atoms with Crippen molar-refractivity contribution in [1.29, 1.82) is 0 Å². The average Bonchev–Trinajstić information content (AvgIpc) is 2.74. The van der Waals surface area contributed by atoms with E-state index in [0.717, 1.165) is 12.1 Å². The average molecular weight is 263 g/mol. The number of nitrogens with one attached hydrogen (secondary N) is 1. The Hall–Kier alpha value is -2.12. The van der Waals surface area contributed by atoms with E-state index in [1.807, 2.05) is 5.10 Å². The van der Waals surface area contributed by atoms with Crippen LogP contribution in [-0.4, -0.2) is 10.2 Å². The predicted molar refractivity (Wildman–Crippen MR) is 53.4 cm³/mol. The van der Waals surface area contributed by atoms with Crippen molar-refractivity contribution < 1.29 is 22.0 Å². The number of anilines is 1. The molecule has 3 nitrogen and oxygen atoms in total. The van der Waals surface area contributed by atoms with Gasteiger partial charge in [0, 0.05) is 5.56 Å². The predicted octanol–water partition coefficient (Wildman–Crippen LogP) is 2.96. The topological polar surface area (TPSA) is 54.7 Å². The highest BCUT2D eigenvalue weighted by Gasteiger charge is 2.36. The summed E-state index contributed by atoms with van der Waals surface area (Å²) in [5.41, 5.74) is 2.02. The SMILES string of the molecule is Nc1c(F)ccc(-c2[nH]ncc2C(F)(F)F)c1F. The third-order valence-corrected chi connectivity index (χ3v) is 2.34. The fourth-order valence-electron chi connectivity index (χ4n) is 1.47. The Balaban J connectivity index is 2.64. The number of nitrogens with two attached hydrogens (primary N) is 1. The van der Waals surface area contributed by atoms with Crippen molar-refractivity contribution >= 4 is 5.69 Å².